The van der Waals surface area contributed by atoms with E-state index in [-0.39, 0.29) is 5.95 Å². The van der Waals surface area contributed by atoms with E-state index >= 15 is 0 Å². The third kappa shape index (κ3) is 3.96. The van der Waals surface area contributed by atoms with Gasteiger partial charge in [-0.3, -0.25) is 0 Å². The van der Waals surface area contributed by atoms with Crippen LogP contribution in [0.3, 0.4) is 0 Å². The number of benzene rings is 2. The van der Waals surface area contributed by atoms with Crippen molar-refractivity contribution in [2.45, 2.75) is 6.92 Å². The first-order valence-corrected chi connectivity index (χ1v) is 8.43. The van der Waals surface area contributed by atoms with E-state index in [2.05, 4.69) is 35.9 Å². The van der Waals surface area contributed by atoms with Gasteiger partial charge in [0.1, 0.15) is 5.75 Å². The first-order chi connectivity index (χ1) is 12.2. The van der Waals surface area contributed by atoms with Crippen LogP contribution in [-0.2, 0) is 0 Å². The summed E-state index contributed by atoms with van der Waals surface area (Å²) in [5.41, 5.74) is 11.8. The Morgan fingerprint density at radius 3 is 2.56 bits per heavy atom. The maximum absolute atomic E-state index is 8.77. The number of hydrogen-bond donors (Lipinski definition) is 0. The molecule has 0 radical (unpaired) electrons. The lowest BCUT2D eigenvalue weighted by Gasteiger charge is -2.12. The molecule has 0 aliphatic carbocycles. The van der Waals surface area contributed by atoms with Gasteiger partial charge in [0.2, 0.25) is 5.95 Å². The molecule has 0 fully saturated rings. The highest BCUT2D eigenvalue weighted by Crippen LogP contribution is 2.34. The summed E-state index contributed by atoms with van der Waals surface area (Å²) in [6.45, 7) is 2.46. The maximum atomic E-state index is 8.77. The number of ether oxygens (including phenoxy) is 1. The Bertz CT molecular complexity index is 939. The van der Waals surface area contributed by atoms with Crippen LogP contribution in [0.5, 0.6) is 5.75 Å². The minimum absolute atomic E-state index is 0.0706. The van der Waals surface area contributed by atoms with Gasteiger partial charge in [0.15, 0.2) is 0 Å². The Labute approximate surface area is 153 Å². The molecule has 0 aliphatic rings. The van der Waals surface area contributed by atoms with Gasteiger partial charge in [0.05, 0.1) is 18.0 Å². The Morgan fingerprint density at radius 2 is 1.84 bits per heavy atom. The largest absolute Gasteiger partial charge is 0.493 e. The minimum Gasteiger partial charge on any atom is -0.493 e. The summed E-state index contributed by atoms with van der Waals surface area (Å²) in [6, 6.07) is 17.2. The van der Waals surface area contributed by atoms with Gasteiger partial charge in [0.25, 0.3) is 0 Å². The summed E-state index contributed by atoms with van der Waals surface area (Å²) in [5, 5.41) is 3.58. The number of aromatic nitrogens is 2. The van der Waals surface area contributed by atoms with Crippen LogP contribution in [-0.4, -0.2) is 16.6 Å². The van der Waals surface area contributed by atoms with Gasteiger partial charge in [-0.25, -0.2) is 9.97 Å². The molecule has 0 saturated heterocycles. The number of nitrogens with zero attached hydrogens (tertiary/aromatic N) is 5. The average Bonchev–Trinajstić information content (AvgIpc) is 2.64. The van der Waals surface area contributed by atoms with E-state index in [0.29, 0.717) is 23.7 Å². The Kier molecular flexibility index (Phi) is 5.28. The molecule has 124 valence electrons. The van der Waals surface area contributed by atoms with Crippen LogP contribution < -0.4 is 4.74 Å². The zero-order chi connectivity index (χ0) is 17.6. The molecule has 0 spiro atoms. The lowest BCUT2D eigenvalue weighted by molar-refractivity contribution is 0.341. The third-order valence-electron chi connectivity index (χ3n) is 3.44. The van der Waals surface area contributed by atoms with Crippen LogP contribution in [0.15, 0.2) is 64.2 Å². The molecule has 0 atom stereocenters. The van der Waals surface area contributed by atoms with E-state index in [0.717, 1.165) is 15.6 Å². The molecule has 3 aromatic rings. The molecule has 7 heteroatoms. The monoisotopic (exact) mass is 395 g/mol. The zero-order valence-electron chi connectivity index (χ0n) is 13.4. The summed E-state index contributed by atoms with van der Waals surface area (Å²) in [5.74, 6) is 0.775. The molecule has 0 saturated carbocycles. The number of rotatable bonds is 5. The van der Waals surface area contributed by atoms with Gasteiger partial charge < -0.3 is 4.74 Å². The molecule has 0 amide bonds. The van der Waals surface area contributed by atoms with Crippen molar-refractivity contribution in [1.29, 1.82) is 0 Å². The molecule has 2 aromatic carbocycles. The zero-order valence-corrected chi connectivity index (χ0v) is 15.0. The van der Waals surface area contributed by atoms with Crippen LogP contribution in [0.4, 0.5) is 5.95 Å². The van der Waals surface area contributed by atoms with Crippen molar-refractivity contribution in [2.24, 2.45) is 5.11 Å². The van der Waals surface area contributed by atoms with Gasteiger partial charge in [-0.1, -0.05) is 46.3 Å². The predicted octanol–water partition coefficient (Wildman–Crippen LogP) is 5.91. The Morgan fingerprint density at radius 1 is 1.08 bits per heavy atom. The van der Waals surface area contributed by atoms with Crippen molar-refractivity contribution in [3.63, 3.8) is 0 Å². The number of halogens is 1. The van der Waals surface area contributed by atoms with Gasteiger partial charge in [0, 0.05) is 20.5 Å². The van der Waals surface area contributed by atoms with E-state index in [1.54, 1.807) is 0 Å². The van der Waals surface area contributed by atoms with Crippen molar-refractivity contribution < 1.29 is 4.74 Å². The van der Waals surface area contributed by atoms with Crippen LogP contribution in [0.1, 0.15) is 6.92 Å². The highest BCUT2D eigenvalue weighted by Gasteiger charge is 2.12. The fourth-order valence-corrected chi connectivity index (χ4v) is 2.76. The highest BCUT2D eigenvalue weighted by molar-refractivity contribution is 9.10. The average molecular weight is 396 g/mol. The second-order valence-electron chi connectivity index (χ2n) is 5.07. The number of azide groups is 1. The highest BCUT2D eigenvalue weighted by atomic mass is 79.9. The SMILES string of the molecule is CCOc1ccc(Br)cc1-c1cc(-c2ccccc2)nc(N=[N+]=[N-])n1. The topological polar surface area (TPSA) is 83.8 Å². The third-order valence-corrected chi connectivity index (χ3v) is 3.93. The van der Waals surface area contributed by atoms with Crippen molar-refractivity contribution in [3.8, 4) is 28.3 Å². The smallest absolute Gasteiger partial charge is 0.217 e. The summed E-state index contributed by atoms with van der Waals surface area (Å²) in [7, 11) is 0. The summed E-state index contributed by atoms with van der Waals surface area (Å²) < 4.78 is 6.61. The second kappa shape index (κ2) is 7.79. The van der Waals surface area contributed by atoms with E-state index in [1.807, 2.05) is 61.5 Å². The molecule has 1 heterocycles. The Hall–Kier alpha value is -2.89. The summed E-state index contributed by atoms with van der Waals surface area (Å²) in [4.78, 5) is 11.5. The van der Waals surface area contributed by atoms with Gasteiger partial charge in [-0.2, -0.15) is 0 Å². The normalized spacial score (nSPS) is 10.2. The molecule has 0 unspecified atom stereocenters. The van der Waals surface area contributed by atoms with Crippen molar-refractivity contribution in [2.75, 3.05) is 6.61 Å². The molecule has 25 heavy (non-hydrogen) atoms. The van der Waals surface area contributed by atoms with Crippen LogP contribution in [0.2, 0.25) is 0 Å². The first kappa shape index (κ1) is 17.0. The van der Waals surface area contributed by atoms with Crippen molar-refractivity contribution in [3.05, 3.63) is 69.5 Å². The van der Waals surface area contributed by atoms with Gasteiger partial charge in [-0.05, 0) is 41.8 Å². The van der Waals surface area contributed by atoms with Crippen molar-refractivity contribution in [1.82, 2.24) is 9.97 Å². The summed E-state index contributed by atoms with van der Waals surface area (Å²) in [6.07, 6.45) is 0. The standard InChI is InChI=1S/C18H14BrN5O/c1-2-25-17-9-8-13(19)10-14(17)16-11-15(12-6-4-3-5-7-12)21-18(22-16)23-24-20/h3-11H,2H2,1H3. The maximum Gasteiger partial charge on any atom is 0.217 e. The second-order valence-corrected chi connectivity index (χ2v) is 5.98. The minimum atomic E-state index is 0.0706. The van der Waals surface area contributed by atoms with E-state index < -0.39 is 0 Å². The fraction of sp³-hybridized carbons (Fsp3) is 0.111. The molecule has 6 nitrogen and oxygen atoms in total. The summed E-state index contributed by atoms with van der Waals surface area (Å²) >= 11 is 3.48. The van der Waals surface area contributed by atoms with E-state index in [4.69, 9.17) is 10.3 Å². The number of hydrogen-bond acceptors (Lipinski definition) is 4. The van der Waals surface area contributed by atoms with Crippen LogP contribution in [0.25, 0.3) is 33.0 Å². The molecular weight excluding hydrogens is 382 g/mol. The molecule has 0 N–H and O–H groups in total. The van der Waals surface area contributed by atoms with Gasteiger partial charge in [-0.15, -0.1) is 0 Å². The fourth-order valence-electron chi connectivity index (χ4n) is 2.40. The lowest BCUT2D eigenvalue weighted by atomic mass is 10.1. The van der Waals surface area contributed by atoms with E-state index in [9.17, 15) is 0 Å². The molecule has 0 aliphatic heterocycles. The molecular formula is C18H14BrN5O. The van der Waals surface area contributed by atoms with Crippen LogP contribution >= 0.6 is 15.9 Å². The van der Waals surface area contributed by atoms with E-state index in [1.165, 1.54) is 0 Å². The Balaban J connectivity index is 2.21. The molecule has 0 bridgehead atoms. The van der Waals surface area contributed by atoms with Crippen molar-refractivity contribution >= 4 is 21.9 Å². The molecule has 3 rings (SSSR count). The van der Waals surface area contributed by atoms with Crippen LogP contribution in [0, 0.1) is 0 Å². The first-order valence-electron chi connectivity index (χ1n) is 7.63. The van der Waals surface area contributed by atoms with Gasteiger partial charge >= 0.3 is 0 Å². The predicted molar refractivity (Wildman–Crippen MR) is 101 cm³/mol. The quantitative estimate of drug-likeness (QED) is 0.305. The lowest BCUT2D eigenvalue weighted by Crippen LogP contribution is -1.97. The molecule has 1 aromatic heterocycles.